The fraction of sp³-hybridized carbons (Fsp3) is 0.591. The van der Waals surface area contributed by atoms with Crippen molar-refractivity contribution in [1.82, 2.24) is 0 Å². The van der Waals surface area contributed by atoms with Gasteiger partial charge in [-0.2, -0.15) is 0 Å². The molecule has 0 radical (unpaired) electrons. The summed E-state index contributed by atoms with van der Waals surface area (Å²) in [7, 11) is 0. The molecule has 1 aliphatic carbocycles. The van der Waals surface area contributed by atoms with Crippen LogP contribution in [0.2, 0.25) is 0 Å². The van der Waals surface area contributed by atoms with Crippen molar-refractivity contribution in [2.75, 3.05) is 6.61 Å². The van der Waals surface area contributed by atoms with Crippen molar-refractivity contribution < 1.29 is 28.6 Å². The molecular formula is C22H28O6. The van der Waals surface area contributed by atoms with Crippen LogP contribution in [0.25, 0.3) is 0 Å². The van der Waals surface area contributed by atoms with Crippen LogP contribution in [-0.2, 0) is 28.6 Å². The third kappa shape index (κ3) is 4.27. The van der Waals surface area contributed by atoms with Crippen molar-refractivity contribution in [2.45, 2.75) is 70.7 Å². The number of fused-ring (bicyclic) bond motifs is 2. The van der Waals surface area contributed by atoms with Gasteiger partial charge in [-0.1, -0.05) is 24.3 Å². The molecule has 0 aromatic carbocycles. The fourth-order valence-electron chi connectivity index (χ4n) is 4.00. The summed E-state index contributed by atoms with van der Waals surface area (Å²) < 4.78 is 16.6. The lowest BCUT2D eigenvalue weighted by molar-refractivity contribution is -0.145. The van der Waals surface area contributed by atoms with Gasteiger partial charge in [0.25, 0.3) is 0 Å². The van der Waals surface area contributed by atoms with E-state index < -0.39 is 23.6 Å². The number of carbonyl (C=O) groups excluding carboxylic acids is 3. The minimum atomic E-state index is -0.855. The van der Waals surface area contributed by atoms with Gasteiger partial charge in [-0.05, 0) is 51.5 Å². The van der Waals surface area contributed by atoms with Crippen LogP contribution in [0.15, 0.2) is 35.5 Å². The molecule has 0 amide bonds. The average molecular weight is 388 g/mol. The van der Waals surface area contributed by atoms with Gasteiger partial charge < -0.3 is 14.2 Å². The quantitative estimate of drug-likeness (QED) is 0.313. The average Bonchev–Trinajstić information content (AvgIpc) is 3.25. The number of esters is 2. The maximum absolute atomic E-state index is 12.9. The molecule has 0 saturated carbocycles. The Kier molecular flexibility index (Phi) is 5.89. The Balaban J connectivity index is 1.86. The number of carbonyl (C=O) groups is 3. The highest BCUT2D eigenvalue weighted by Crippen LogP contribution is 2.47. The SMILES string of the molecule is C=C1C(=O)O[C@H]2C(=O)/C(C)=C/CC/C(C)=C/CC[C@@]3(COC(C)=O)O[C@@H]3C[C@H]12. The number of rotatable bonds is 2. The van der Waals surface area contributed by atoms with E-state index in [9.17, 15) is 14.4 Å². The van der Waals surface area contributed by atoms with Gasteiger partial charge in [0.15, 0.2) is 11.9 Å². The fourth-order valence-corrected chi connectivity index (χ4v) is 4.00. The minimum absolute atomic E-state index is 0.172. The smallest absolute Gasteiger partial charge is 0.334 e. The summed E-state index contributed by atoms with van der Waals surface area (Å²) in [6, 6.07) is 0. The first kappa shape index (κ1) is 20.5. The summed E-state index contributed by atoms with van der Waals surface area (Å²) >= 11 is 0. The molecule has 28 heavy (non-hydrogen) atoms. The van der Waals surface area contributed by atoms with E-state index in [1.807, 2.05) is 6.08 Å². The molecule has 4 atom stereocenters. The molecule has 0 spiro atoms. The Morgan fingerprint density at radius 2 is 2.04 bits per heavy atom. The molecule has 0 aromatic heterocycles. The molecule has 0 bridgehead atoms. The van der Waals surface area contributed by atoms with E-state index in [1.165, 1.54) is 12.5 Å². The van der Waals surface area contributed by atoms with Crippen molar-refractivity contribution in [1.29, 1.82) is 0 Å². The molecule has 2 aliphatic heterocycles. The van der Waals surface area contributed by atoms with Gasteiger partial charge in [-0.3, -0.25) is 9.59 Å². The summed E-state index contributed by atoms with van der Waals surface area (Å²) in [5.74, 6) is -1.48. The van der Waals surface area contributed by atoms with Crippen molar-refractivity contribution in [3.05, 3.63) is 35.5 Å². The summed E-state index contributed by atoms with van der Waals surface area (Å²) in [6.45, 7) is 9.22. The normalized spacial score (nSPS) is 37.4. The van der Waals surface area contributed by atoms with Crippen LogP contribution in [0.3, 0.4) is 0 Å². The lowest BCUT2D eigenvalue weighted by Crippen LogP contribution is -2.31. The molecule has 2 saturated heterocycles. The number of allylic oxidation sites excluding steroid dienone is 3. The molecule has 2 heterocycles. The number of epoxide rings is 1. The third-order valence-corrected chi connectivity index (χ3v) is 5.90. The first-order chi connectivity index (χ1) is 13.2. The number of hydrogen-bond acceptors (Lipinski definition) is 6. The van der Waals surface area contributed by atoms with Gasteiger partial charge in [-0.15, -0.1) is 0 Å². The molecule has 3 aliphatic rings. The van der Waals surface area contributed by atoms with Crippen LogP contribution in [0.4, 0.5) is 0 Å². The van der Waals surface area contributed by atoms with Crippen molar-refractivity contribution in [3.8, 4) is 0 Å². The standard InChI is InChI=1S/C22H28O6/c1-13-7-5-9-14(2)19(24)20-17(15(3)21(25)27-20)11-18-22(28-18,10-6-8-13)12-26-16(4)23/h8-9,17-18,20H,3,5-7,10-12H2,1-2,4H3/b13-8+,14-9+/t17-,18-,20-,22+/m1/s1. The summed E-state index contributed by atoms with van der Waals surface area (Å²) in [5, 5.41) is 0. The van der Waals surface area contributed by atoms with Gasteiger partial charge in [0.2, 0.25) is 0 Å². The zero-order chi connectivity index (χ0) is 20.5. The van der Waals surface area contributed by atoms with Crippen LogP contribution < -0.4 is 0 Å². The topological polar surface area (TPSA) is 82.2 Å². The second-order valence-electron chi connectivity index (χ2n) is 8.02. The minimum Gasteiger partial charge on any atom is -0.463 e. The lowest BCUT2D eigenvalue weighted by atomic mass is 9.84. The first-order valence-electron chi connectivity index (χ1n) is 9.81. The van der Waals surface area contributed by atoms with Crippen LogP contribution in [0, 0.1) is 5.92 Å². The zero-order valence-electron chi connectivity index (χ0n) is 16.8. The molecule has 2 fully saturated rings. The van der Waals surface area contributed by atoms with E-state index in [2.05, 4.69) is 19.6 Å². The van der Waals surface area contributed by atoms with Crippen LogP contribution in [0.5, 0.6) is 0 Å². The van der Waals surface area contributed by atoms with E-state index in [1.54, 1.807) is 6.92 Å². The maximum atomic E-state index is 12.9. The number of ketones is 1. The van der Waals surface area contributed by atoms with E-state index in [0.29, 0.717) is 24.0 Å². The van der Waals surface area contributed by atoms with Crippen LogP contribution in [0.1, 0.15) is 52.9 Å². The lowest BCUT2D eigenvalue weighted by Gasteiger charge is -2.18. The molecule has 0 aromatic rings. The highest BCUT2D eigenvalue weighted by molar-refractivity contribution is 6.04. The zero-order valence-corrected chi connectivity index (χ0v) is 16.8. The second kappa shape index (κ2) is 8.03. The Morgan fingerprint density at radius 1 is 1.29 bits per heavy atom. The predicted octanol–water partition coefficient (Wildman–Crippen LogP) is 3.21. The monoisotopic (exact) mass is 388 g/mol. The Labute approximate surface area is 165 Å². The Bertz CT molecular complexity index is 761. The molecule has 3 rings (SSSR count). The predicted molar refractivity (Wildman–Crippen MR) is 102 cm³/mol. The molecular weight excluding hydrogens is 360 g/mol. The molecule has 6 nitrogen and oxygen atoms in total. The largest absolute Gasteiger partial charge is 0.463 e. The number of ether oxygens (including phenoxy) is 3. The van der Waals surface area contributed by atoms with Crippen LogP contribution in [-0.4, -0.2) is 42.1 Å². The van der Waals surface area contributed by atoms with Gasteiger partial charge in [0.1, 0.15) is 12.2 Å². The summed E-state index contributed by atoms with van der Waals surface area (Å²) in [5.41, 5.74) is 1.58. The number of hydrogen-bond donors (Lipinski definition) is 0. The summed E-state index contributed by atoms with van der Waals surface area (Å²) in [6.07, 6.45) is 6.60. The highest BCUT2D eigenvalue weighted by Gasteiger charge is 2.59. The highest BCUT2D eigenvalue weighted by atomic mass is 16.6. The van der Waals surface area contributed by atoms with E-state index in [4.69, 9.17) is 14.2 Å². The van der Waals surface area contributed by atoms with E-state index >= 15 is 0 Å². The Hall–Kier alpha value is -2.21. The molecule has 0 N–H and O–H groups in total. The first-order valence-corrected chi connectivity index (χ1v) is 9.81. The van der Waals surface area contributed by atoms with E-state index in [0.717, 1.165) is 19.3 Å². The van der Waals surface area contributed by atoms with Gasteiger partial charge in [0.05, 0.1) is 6.10 Å². The van der Waals surface area contributed by atoms with Gasteiger partial charge in [-0.25, -0.2) is 4.79 Å². The Morgan fingerprint density at radius 3 is 2.75 bits per heavy atom. The second-order valence-corrected chi connectivity index (χ2v) is 8.02. The molecule has 0 unspecified atom stereocenters. The van der Waals surface area contributed by atoms with Crippen molar-refractivity contribution in [3.63, 3.8) is 0 Å². The summed E-state index contributed by atoms with van der Waals surface area (Å²) in [4.78, 5) is 36.3. The molecule has 152 valence electrons. The van der Waals surface area contributed by atoms with Crippen molar-refractivity contribution >= 4 is 17.7 Å². The maximum Gasteiger partial charge on any atom is 0.334 e. The van der Waals surface area contributed by atoms with Crippen molar-refractivity contribution in [2.24, 2.45) is 5.92 Å². The van der Waals surface area contributed by atoms with Gasteiger partial charge >= 0.3 is 11.9 Å². The van der Waals surface area contributed by atoms with E-state index in [-0.39, 0.29) is 24.5 Å². The van der Waals surface area contributed by atoms with Crippen LogP contribution >= 0.6 is 0 Å². The third-order valence-electron chi connectivity index (χ3n) is 5.90. The molecule has 6 heteroatoms. The number of Topliss-reactive ketones (excluding diaryl/α,β-unsaturated/α-hetero) is 1. The van der Waals surface area contributed by atoms with Gasteiger partial charge in [0, 0.05) is 18.4 Å².